The second kappa shape index (κ2) is 4.16. The first-order chi connectivity index (χ1) is 10.2. The molecule has 5 rings (SSSR count). The van der Waals surface area contributed by atoms with E-state index in [0.717, 1.165) is 22.2 Å². The average Bonchev–Trinajstić information content (AvgIpc) is 2.97. The number of rotatable bonds is 2. The van der Waals surface area contributed by atoms with Gasteiger partial charge in [0.2, 0.25) is 0 Å². The average molecular weight is 342 g/mol. The number of pyridine rings is 1. The number of hydrogen-bond acceptors (Lipinski definition) is 2. The molecule has 0 aliphatic heterocycles. The molecule has 4 aliphatic rings. The van der Waals surface area contributed by atoms with E-state index in [1.165, 1.54) is 18.4 Å². The minimum atomic E-state index is 0.214. The van der Waals surface area contributed by atoms with Gasteiger partial charge in [0.25, 0.3) is 0 Å². The molecule has 0 spiro atoms. The third-order valence-electron chi connectivity index (χ3n) is 5.63. The van der Waals surface area contributed by atoms with E-state index in [1.54, 1.807) is 0 Å². The van der Waals surface area contributed by atoms with Crippen LogP contribution in [0.15, 0.2) is 40.5 Å². The number of hydrogen-bond donors (Lipinski definition) is 0. The van der Waals surface area contributed by atoms with Crippen molar-refractivity contribution in [1.29, 1.82) is 0 Å². The van der Waals surface area contributed by atoms with E-state index in [-0.39, 0.29) is 5.92 Å². The van der Waals surface area contributed by atoms with Crippen LogP contribution in [-0.2, 0) is 4.79 Å². The van der Waals surface area contributed by atoms with Gasteiger partial charge in [-0.15, -0.1) is 0 Å². The van der Waals surface area contributed by atoms with E-state index >= 15 is 0 Å². The molecule has 1 aromatic rings. The minimum Gasteiger partial charge on any atom is -0.294 e. The smallest absolute Gasteiger partial charge is 0.163 e. The number of carbonyl (C=O) groups is 1. The molecule has 4 aliphatic carbocycles. The van der Waals surface area contributed by atoms with Crippen molar-refractivity contribution in [3.63, 3.8) is 0 Å². The molecular weight excluding hydrogens is 326 g/mol. The van der Waals surface area contributed by atoms with E-state index in [2.05, 4.69) is 39.1 Å². The molecule has 2 nitrogen and oxygen atoms in total. The molecule has 21 heavy (non-hydrogen) atoms. The maximum absolute atomic E-state index is 13.0. The van der Waals surface area contributed by atoms with Crippen molar-refractivity contribution >= 4 is 27.3 Å². The quantitative estimate of drug-likeness (QED) is 0.760. The molecule has 0 saturated heterocycles. The number of fused-ring (bicyclic) bond motifs is 5. The van der Waals surface area contributed by atoms with E-state index in [9.17, 15) is 4.79 Å². The maximum atomic E-state index is 13.0. The van der Waals surface area contributed by atoms with Crippen LogP contribution in [-0.4, -0.2) is 10.8 Å². The Balaban J connectivity index is 1.71. The van der Waals surface area contributed by atoms with E-state index in [4.69, 9.17) is 0 Å². The maximum Gasteiger partial charge on any atom is 0.163 e. The fourth-order valence-corrected chi connectivity index (χ4v) is 5.05. The third kappa shape index (κ3) is 1.64. The van der Waals surface area contributed by atoms with Crippen molar-refractivity contribution in [1.82, 2.24) is 4.98 Å². The van der Waals surface area contributed by atoms with Gasteiger partial charge < -0.3 is 0 Å². The van der Waals surface area contributed by atoms with Crippen LogP contribution in [0.2, 0.25) is 0 Å². The Morgan fingerprint density at radius 2 is 1.86 bits per heavy atom. The Hall–Kier alpha value is -1.22. The highest BCUT2D eigenvalue weighted by Crippen LogP contribution is 2.61. The zero-order valence-corrected chi connectivity index (χ0v) is 13.2. The first kappa shape index (κ1) is 12.3. The Morgan fingerprint density at radius 3 is 2.57 bits per heavy atom. The number of halogens is 1. The van der Waals surface area contributed by atoms with Crippen molar-refractivity contribution in [3.8, 4) is 0 Å². The summed E-state index contributed by atoms with van der Waals surface area (Å²) in [5, 5.41) is 0. The van der Waals surface area contributed by atoms with Crippen molar-refractivity contribution < 1.29 is 4.79 Å². The molecule has 0 aromatic carbocycles. The predicted molar refractivity (Wildman–Crippen MR) is 84.3 cm³/mol. The lowest BCUT2D eigenvalue weighted by atomic mass is 9.81. The van der Waals surface area contributed by atoms with Crippen molar-refractivity contribution in [2.75, 3.05) is 0 Å². The molecule has 0 amide bonds. The van der Waals surface area contributed by atoms with Gasteiger partial charge >= 0.3 is 0 Å². The number of Topliss-reactive ketones (excluding diaryl/α,β-unsaturated/α-hetero) is 1. The Labute approximate surface area is 132 Å². The molecule has 0 radical (unpaired) electrons. The van der Waals surface area contributed by atoms with Crippen LogP contribution in [0.4, 0.5) is 0 Å². The summed E-state index contributed by atoms with van der Waals surface area (Å²) in [5.74, 6) is 2.59. The summed E-state index contributed by atoms with van der Waals surface area (Å²) in [5.41, 5.74) is 3.44. The van der Waals surface area contributed by atoms with Crippen LogP contribution >= 0.6 is 15.9 Å². The van der Waals surface area contributed by atoms with Crippen LogP contribution in [0.5, 0.6) is 0 Å². The molecule has 2 fully saturated rings. The van der Waals surface area contributed by atoms with Crippen LogP contribution < -0.4 is 0 Å². The van der Waals surface area contributed by atoms with Crippen molar-refractivity contribution in [2.45, 2.75) is 19.3 Å². The summed E-state index contributed by atoms with van der Waals surface area (Å²) in [6.07, 6.45) is 9.99. The van der Waals surface area contributed by atoms with Gasteiger partial charge in [-0.1, -0.05) is 28.1 Å². The van der Waals surface area contributed by atoms with Gasteiger partial charge in [0, 0.05) is 28.1 Å². The lowest BCUT2D eigenvalue weighted by Gasteiger charge is -2.22. The van der Waals surface area contributed by atoms with Crippen LogP contribution in [0.25, 0.3) is 5.57 Å². The second-order valence-corrected chi connectivity index (χ2v) is 7.74. The largest absolute Gasteiger partial charge is 0.294 e. The van der Waals surface area contributed by atoms with E-state index < -0.39 is 0 Å². The molecule has 2 unspecified atom stereocenters. The van der Waals surface area contributed by atoms with Gasteiger partial charge in [-0.25, -0.2) is 0 Å². The minimum absolute atomic E-state index is 0.214. The monoisotopic (exact) mass is 341 g/mol. The van der Waals surface area contributed by atoms with Gasteiger partial charge in [-0.3, -0.25) is 9.78 Å². The first-order valence-corrected chi connectivity index (χ1v) is 8.62. The molecule has 2 bridgehead atoms. The lowest BCUT2D eigenvalue weighted by molar-refractivity contribution is -0.119. The topological polar surface area (TPSA) is 30.0 Å². The molecule has 0 N–H and O–H groups in total. The SMILES string of the molecule is O=C1C(C2CC2)=C(c2cc(Br)ccn2)[C@H]2C3C=CC(C3)[C@@H]12. The Morgan fingerprint density at radius 1 is 1.10 bits per heavy atom. The number of allylic oxidation sites excluding steroid dienone is 4. The van der Waals surface area contributed by atoms with Gasteiger partial charge in [0.1, 0.15) is 0 Å². The number of nitrogens with zero attached hydrogens (tertiary/aromatic N) is 1. The Kier molecular flexibility index (Phi) is 2.44. The number of ketones is 1. The third-order valence-corrected chi connectivity index (χ3v) is 6.13. The van der Waals surface area contributed by atoms with Crippen molar-refractivity contribution in [3.05, 3.63) is 46.2 Å². The Bertz CT molecular complexity index is 716. The summed E-state index contributed by atoms with van der Waals surface area (Å²) < 4.78 is 1.05. The number of carbonyl (C=O) groups excluding carboxylic acids is 1. The fraction of sp³-hybridized carbons (Fsp3) is 0.444. The molecular formula is C18H16BrNO. The van der Waals surface area contributed by atoms with Crippen LogP contribution in [0, 0.1) is 29.6 Å². The van der Waals surface area contributed by atoms with Crippen LogP contribution in [0.3, 0.4) is 0 Å². The first-order valence-electron chi connectivity index (χ1n) is 7.82. The lowest BCUT2D eigenvalue weighted by Crippen LogP contribution is -2.22. The molecule has 3 heteroatoms. The van der Waals surface area contributed by atoms with Gasteiger partial charge in [0.05, 0.1) is 5.69 Å². The summed E-state index contributed by atoms with van der Waals surface area (Å²) in [4.78, 5) is 17.6. The van der Waals surface area contributed by atoms with E-state index in [0.29, 0.717) is 29.5 Å². The highest BCUT2D eigenvalue weighted by Gasteiger charge is 2.57. The highest BCUT2D eigenvalue weighted by atomic mass is 79.9. The standard InChI is InChI=1S/C18H16BrNO/c19-12-5-6-20-13(8-12)17-14-10-3-4-11(7-10)16(14)18(21)15(17)9-1-2-9/h3-6,8-11,14,16H,1-2,7H2/t10?,11?,14-,16+/m0/s1. The van der Waals surface area contributed by atoms with Gasteiger partial charge in [-0.05, 0) is 54.7 Å². The normalized spacial score (nSPS) is 36.7. The summed E-state index contributed by atoms with van der Waals surface area (Å²) in [6.45, 7) is 0. The highest BCUT2D eigenvalue weighted by molar-refractivity contribution is 9.10. The zero-order chi connectivity index (χ0) is 14.1. The van der Waals surface area contributed by atoms with Crippen molar-refractivity contribution in [2.24, 2.45) is 29.6 Å². The molecule has 4 atom stereocenters. The molecule has 1 aromatic heterocycles. The molecule has 1 heterocycles. The molecule has 2 saturated carbocycles. The molecule has 106 valence electrons. The predicted octanol–water partition coefficient (Wildman–Crippen LogP) is 4.03. The van der Waals surface area contributed by atoms with Crippen LogP contribution in [0.1, 0.15) is 25.0 Å². The van der Waals surface area contributed by atoms with Gasteiger partial charge in [0.15, 0.2) is 5.78 Å². The second-order valence-electron chi connectivity index (χ2n) is 6.83. The fourth-order valence-electron chi connectivity index (χ4n) is 4.72. The zero-order valence-electron chi connectivity index (χ0n) is 11.6. The van der Waals surface area contributed by atoms with E-state index in [1.807, 2.05) is 12.3 Å². The summed E-state index contributed by atoms with van der Waals surface area (Å²) in [6, 6.07) is 4.04. The summed E-state index contributed by atoms with van der Waals surface area (Å²) >= 11 is 3.55. The summed E-state index contributed by atoms with van der Waals surface area (Å²) in [7, 11) is 0. The van der Waals surface area contributed by atoms with Gasteiger partial charge in [-0.2, -0.15) is 0 Å². The number of aromatic nitrogens is 1.